The Morgan fingerprint density at radius 2 is 1.17 bits per heavy atom. The number of rotatable bonds is 16. The van der Waals surface area contributed by atoms with Crippen molar-refractivity contribution in [3.8, 4) is 0 Å². The summed E-state index contributed by atoms with van der Waals surface area (Å²) < 4.78 is 32.3. The van der Waals surface area contributed by atoms with E-state index in [-0.39, 0.29) is 6.10 Å². The number of unbranched alkanes of at least 4 members (excludes halogenated alkanes) is 8. The average molecular weight is 351 g/mol. The van der Waals surface area contributed by atoms with Crippen molar-refractivity contribution in [3.63, 3.8) is 0 Å². The number of aliphatic hydroxyl groups excluding tert-OH is 1. The van der Waals surface area contributed by atoms with Crippen LogP contribution >= 0.6 is 0 Å². The molecule has 0 saturated heterocycles. The third kappa shape index (κ3) is 14.0. The lowest BCUT2D eigenvalue weighted by molar-refractivity contribution is 0.156. The van der Waals surface area contributed by atoms with E-state index in [0.717, 1.165) is 38.5 Å². The fourth-order valence-electron chi connectivity index (χ4n) is 2.90. The maximum atomic E-state index is 11.5. The molecule has 0 amide bonds. The maximum absolute atomic E-state index is 11.5. The van der Waals surface area contributed by atoms with Crippen molar-refractivity contribution in [1.29, 1.82) is 0 Å². The Kier molecular flexibility index (Phi) is 14.2. The molecule has 0 fully saturated rings. The minimum absolute atomic E-state index is 0.285. The van der Waals surface area contributed by atoms with Crippen molar-refractivity contribution in [2.45, 2.75) is 115 Å². The van der Waals surface area contributed by atoms with Gasteiger partial charge in [-0.15, -0.1) is 0 Å². The predicted octanol–water partition coefficient (Wildman–Crippen LogP) is 5.10. The molecule has 0 aromatic heterocycles. The van der Waals surface area contributed by atoms with E-state index in [9.17, 15) is 18.1 Å². The van der Waals surface area contributed by atoms with Gasteiger partial charge in [0.15, 0.2) is 0 Å². The van der Waals surface area contributed by atoms with Crippen LogP contribution in [-0.2, 0) is 10.1 Å². The second kappa shape index (κ2) is 14.2. The first kappa shape index (κ1) is 22.9. The van der Waals surface area contributed by atoms with Crippen molar-refractivity contribution < 1.29 is 18.1 Å². The zero-order chi connectivity index (χ0) is 17.6. The molecular weight excluding hydrogens is 312 g/mol. The van der Waals surface area contributed by atoms with Crippen molar-refractivity contribution in [3.05, 3.63) is 0 Å². The van der Waals surface area contributed by atoms with Gasteiger partial charge in [0.1, 0.15) is 0 Å². The van der Waals surface area contributed by atoms with E-state index in [1.807, 2.05) is 6.92 Å². The van der Waals surface area contributed by atoms with Crippen molar-refractivity contribution in [2.75, 3.05) is 0 Å². The predicted molar refractivity (Wildman–Crippen MR) is 97.3 cm³/mol. The normalized spacial score (nSPS) is 14.8. The summed E-state index contributed by atoms with van der Waals surface area (Å²) >= 11 is 0. The lowest BCUT2D eigenvalue weighted by Crippen LogP contribution is -2.20. The topological polar surface area (TPSA) is 74.6 Å². The Morgan fingerprint density at radius 3 is 1.65 bits per heavy atom. The van der Waals surface area contributed by atoms with Gasteiger partial charge in [0, 0.05) is 0 Å². The van der Waals surface area contributed by atoms with E-state index >= 15 is 0 Å². The Labute approximate surface area is 143 Å². The fraction of sp³-hybridized carbons (Fsp3) is 1.00. The smallest absolute Gasteiger partial charge is 0.267 e. The van der Waals surface area contributed by atoms with E-state index in [2.05, 4.69) is 6.92 Å². The number of hydrogen-bond donors (Lipinski definition) is 2. The Morgan fingerprint density at radius 1 is 0.739 bits per heavy atom. The first-order chi connectivity index (χ1) is 10.9. The van der Waals surface area contributed by atoms with Crippen LogP contribution in [0.3, 0.4) is 0 Å². The molecule has 0 radical (unpaired) electrons. The molecular formula is C18H38O4S. The van der Waals surface area contributed by atoms with Gasteiger partial charge in [0.2, 0.25) is 0 Å². The van der Waals surface area contributed by atoms with Crippen LogP contribution < -0.4 is 0 Å². The number of hydrogen-bond acceptors (Lipinski definition) is 3. The molecule has 0 aromatic carbocycles. The monoisotopic (exact) mass is 350 g/mol. The quantitative estimate of drug-likeness (QED) is 0.300. The molecule has 0 aliphatic heterocycles. The zero-order valence-electron chi connectivity index (χ0n) is 15.2. The van der Waals surface area contributed by atoms with Crippen molar-refractivity contribution in [2.24, 2.45) is 0 Å². The molecule has 0 rings (SSSR count). The molecule has 0 aromatic rings. The largest absolute Gasteiger partial charge is 0.393 e. The van der Waals surface area contributed by atoms with Gasteiger partial charge in [-0.1, -0.05) is 78.1 Å². The second-order valence-corrected chi connectivity index (χ2v) is 8.44. The van der Waals surface area contributed by atoms with Gasteiger partial charge in [-0.2, -0.15) is 8.42 Å². The third-order valence-corrected chi connectivity index (χ3v) is 5.90. The number of aliphatic hydroxyl groups is 1. The summed E-state index contributed by atoms with van der Waals surface area (Å²) in [6, 6.07) is 0. The highest BCUT2D eigenvalue weighted by atomic mass is 32.2. The molecule has 0 heterocycles. The van der Waals surface area contributed by atoms with Crippen molar-refractivity contribution >= 4 is 10.1 Å². The fourth-order valence-corrected chi connectivity index (χ4v) is 3.83. The standard InChI is InChI=1S/C18H38O4S/c1-3-5-6-7-8-9-10-11-15-18(23(20,21)22)16-13-12-14-17(19)4-2/h17-19H,3-16H2,1-2H3,(H,20,21,22). The summed E-state index contributed by atoms with van der Waals surface area (Å²) in [5.74, 6) is 0. The lowest BCUT2D eigenvalue weighted by atomic mass is 10.0. The second-order valence-electron chi connectivity index (χ2n) is 6.75. The van der Waals surface area contributed by atoms with Crippen LogP contribution in [-0.4, -0.2) is 29.4 Å². The first-order valence-electron chi connectivity index (χ1n) is 9.56. The minimum atomic E-state index is -3.94. The molecule has 4 nitrogen and oxygen atoms in total. The highest BCUT2D eigenvalue weighted by molar-refractivity contribution is 7.86. The third-order valence-electron chi connectivity index (χ3n) is 4.59. The highest BCUT2D eigenvalue weighted by Crippen LogP contribution is 2.19. The Balaban J connectivity index is 3.81. The molecule has 2 unspecified atom stereocenters. The van der Waals surface area contributed by atoms with E-state index in [1.165, 1.54) is 32.1 Å². The lowest BCUT2D eigenvalue weighted by Gasteiger charge is -2.14. The average Bonchev–Trinajstić information content (AvgIpc) is 2.50. The molecule has 0 saturated carbocycles. The van der Waals surface area contributed by atoms with Gasteiger partial charge in [-0.3, -0.25) is 4.55 Å². The molecule has 0 aliphatic carbocycles. The van der Waals surface area contributed by atoms with Crippen LogP contribution in [0, 0.1) is 0 Å². The van der Waals surface area contributed by atoms with Gasteiger partial charge in [-0.25, -0.2) is 0 Å². The summed E-state index contributed by atoms with van der Waals surface area (Å²) in [6.45, 7) is 4.15. The van der Waals surface area contributed by atoms with Gasteiger partial charge < -0.3 is 5.11 Å². The van der Waals surface area contributed by atoms with Crippen molar-refractivity contribution in [1.82, 2.24) is 0 Å². The molecule has 0 aliphatic rings. The van der Waals surface area contributed by atoms with Crippen LogP contribution in [0.25, 0.3) is 0 Å². The highest BCUT2D eigenvalue weighted by Gasteiger charge is 2.21. The van der Waals surface area contributed by atoms with Crippen LogP contribution in [0.2, 0.25) is 0 Å². The first-order valence-corrected chi connectivity index (χ1v) is 11.1. The Hall–Kier alpha value is -0.130. The SMILES string of the molecule is CCCCCCCCCCC(CCCCC(O)CC)S(=O)(=O)O. The van der Waals surface area contributed by atoms with Gasteiger partial charge >= 0.3 is 0 Å². The summed E-state index contributed by atoms with van der Waals surface area (Å²) in [5.41, 5.74) is 0. The Bertz CT molecular complexity index is 354. The summed E-state index contributed by atoms with van der Waals surface area (Å²) in [4.78, 5) is 0. The molecule has 0 bridgehead atoms. The summed E-state index contributed by atoms with van der Waals surface area (Å²) in [6.07, 6.45) is 13.2. The van der Waals surface area contributed by atoms with Gasteiger partial charge in [-0.05, 0) is 25.7 Å². The molecule has 23 heavy (non-hydrogen) atoms. The molecule has 0 spiro atoms. The van der Waals surface area contributed by atoms with Crippen LogP contribution in [0.4, 0.5) is 0 Å². The van der Waals surface area contributed by atoms with E-state index in [1.54, 1.807) is 0 Å². The van der Waals surface area contributed by atoms with Gasteiger partial charge in [0.05, 0.1) is 11.4 Å². The van der Waals surface area contributed by atoms with E-state index < -0.39 is 15.4 Å². The molecule has 2 atom stereocenters. The van der Waals surface area contributed by atoms with Crippen LogP contribution in [0.5, 0.6) is 0 Å². The zero-order valence-corrected chi connectivity index (χ0v) is 16.0. The molecule has 140 valence electrons. The van der Waals surface area contributed by atoms with E-state index in [0.29, 0.717) is 19.3 Å². The summed E-state index contributed by atoms with van der Waals surface area (Å²) in [7, 11) is -3.94. The summed E-state index contributed by atoms with van der Waals surface area (Å²) in [5, 5.41) is 8.87. The maximum Gasteiger partial charge on any atom is 0.267 e. The molecule has 2 N–H and O–H groups in total. The minimum Gasteiger partial charge on any atom is -0.393 e. The molecule has 5 heteroatoms. The van der Waals surface area contributed by atoms with Crippen LogP contribution in [0.1, 0.15) is 104 Å². The van der Waals surface area contributed by atoms with Crippen LogP contribution in [0.15, 0.2) is 0 Å². The van der Waals surface area contributed by atoms with Gasteiger partial charge in [0.25, 0.3) is 10.1 Å². The van der Waals surface area contributed by atoms with E-state index in [4.69, 9.17) is 0 Å².